The van der Waals surface area contributed by atoms with Crippen molar-refractivity contribution in [2.75, 3.05) is 6.54 Å². The minimum absolute atomic E-state index is 0.0680. The predicted molar refractivity (Wildman–Crippen MR) is 73.3 cm³/mol. The third-order valence-corrected chi connectivity index (χ3v) is 3.48. The van der Waals surface area contributed by atoms with Crippen LogP contribution in [0.2, 0.25) is 0 Å². The summed E-state index contributed by atoms with van der Waals surface area (Å²) in [4.78, 5) is 12.0. The van der Waals surface area contributed by atoms with Gasteiger partial charge < -0.3 is 10.6 Å². The van der Waals surface area contributed by atoms with Gasteiger partial charge in [-0.1, -0.05) is 44.0 Å². The average Bonchev–Trinajstić information content (AvgIpc) is 2.43. The smallest absolute Gasteiger partial charge is 0.237 e. The lowest BCUT2D eigenvalue weighted by Crippen LogP contribution is -2.47. The van der Waals surface area contributed by atoms with Gasteiger partial charge in [-0.05, 0) is 24.0 Å². The molecule has 0 aliphatic carbocycles. The lowest BCUT2D eigenvalue weighted by Gasteiger charge is -2.25. The maximum atomic E-state index is 12.0. The normalized spacial score (nSPS) is 18.2. The highest BCUT2D eigenvalue weighted by atomic mass is 16.2. The Morgan fingerprint density at radius 3 is 2.89 bits per heavy atom. The Kier molecular flexibility index (Phi) is 4.76. The van der Waals surface area contributed by atoms with Crippen LogP contribution >= 0.6 is 0 Å². The van der Waals surface area contributed by atoms with E-state index < -0.39 is 0 Å². The van der Waals surface area contributed by atoms with Crippen molar-refractivity contribution in [3.05, 3.63) is 35.4 Å². The monoisotopic (exact) mass is 246 g/mol. The summed E-state index contributed by atoms with van der Waals surface area (Å²) in [6, 6.07) is 8.26. The molecular formula is C15H22N2O. The highest BCUT2D eigenvalue weighted by molar-refractivity contribution is 5.82. The highest BCUT2D eigenvalue weighted by Gasteiger charge is 2.23. The molecule has 98 valence electrons. The van der Waals surface area contributed by atoms with Gasteiger partial charge in [0.15, 0.2) is 0 Å². The molecule has 1 aliphatic heterocycles. The van der Waals surface area contributed by atoms with Crippen LogP contribution in [0.5, 0.6) is 0 Å². The van der Waals surface area contributed by atoms with Crippen LogP contribution in [-0.4, -0.2) is 18.5 Å². The van der Waals surface area contributed by atoms with E-state index in [0.717, 1.165) is 25.9 Å². The first-order valence-electron chi connectivity index (χ1n) is 6.89. The average molecular weight is 246 g/mol. The minimum atomic E-state index is -0.0680. The molecule has 1 aromatic rings. The van der Waals surface area contributed by atoms with Gasteiger partial charge in [-0.3, -0.25) is 4.79 Å². The fourth-order valence-corrected chi connectivity index (χ4v) is 2.35. The number of amides is 1. The molecule has 0 unspecified atom stereocenters. The summed E-state index contributed by atoms with van der Waals surface area (Å²) in [5, 5.41) is 6.32. The molecule has 0 saturated heterocycles. The van der Waals surface area contributed by atoms with Crippen LogP contribution in [0.1, 0.15) is 37.3 Å². The Bertz CT molecular complexity index is 403. The lowest BCUT2D eigenvalue weighted by molar-refractivity contribution is -0.123. The number of fused-ring (bicyclic) bond motifs is 1. The van der Waals surface area contributed by atoms with E-state index in [4.69, 9.17) is 0 Å². The first-order valence-corrected chi connectivity index (χ1v) is 6.89. The molecule has 3 heteroatoms. The van der Waals surface area contributed by atoms with Crippen molar-refractivity contribution in [3.8, 4) is 0 Å². The SMILES string of the molecule is CCCCCNC(=O)[C@@H]1Cc2ccccc2CN1. The van der Waals surface area contributed by atoms with Crippen LogP contribution in [0.4, 0.5) is 0 Å². The van der Waals surface area contributed by atoms with Crippen molar-refractivity contribution in [3.63, 3.8) is 0 Å². The van der Waals surface area contributed by atoms with Crippen molar-refractivity contribution in [1.29, 1.82) is 0 Å². The van der Waals surface area contributed by atoms with E-state index in [1.54, 1.807) is 0 Å². The number of rotatable bonds is 5. The molecule has 1 heterocycles. The maximum Gasteiger partial charge on any atom is 0.237 e. The molecular weight excluding hydrogens is 224 g/mol. The van der Waals surface area contributed by atoms with Gasteiger partial charge in [0, 0.05) is 13.1 Å². The van der Waals surface area contributed by atoms with Crippen LogP contribution < -0.4 is 10.6 Å². The molecule has 1 aliphatic rings. The zero-order valence-electron chi connectivity index (χ0n) is 11.0. The number of nitrogens with one attached hydrogen (secondary N) is 2. The first kappa shape index (κ1) is 13.1. The zero-order valence-corrected chi connectivity index (χ0v) is 11.0. The Morgan fingerprint density at radius 2 is 2.11 bits per heavy atom. The number of benzene rings is 1. The van der Waals surface area contributed by atoms with Crippen LogP contribution in [0.3, 0.4) is 0 Å². The van der Waals surface area contributed by atoms with Crippen molar-refractivity contribution >= 4 is 5.91 Å². The van der Waals surface area contributed by atoms with Crippen LogP contribution in [-0.2, 0) is 17.8 Å². The Hall–Kier alpha value is -1.35. The second-order valence-electron chi connectivity index (χ2n) is 4.90. The van der Waals surface area contributed by atoms with Crippen LogP contribution in [0.25, 0.3) is 0 Å². The van der Waals surface area contributed by atoms with Crippen molar-refractivity contribution in [1.82, 2.24) is 10.6 Å². The first-order chi connectivity index (χ1) is 8.81. The van der Waals surface area contributed by atoms with E-state index in [2.05, 4.69) is 29.7 Å². The van der Waals surface area contributed by atoms with Gasteiger partial charge in [-0.25, -0.2) is 0 Å². The molecule has 0 bridgehead atoms. The third-order valence-electron chi connectivity index (χ3n) is 3.48. The van der Waals surface area contributed by atoms with Gasteiger partial charge in [0.25, 0.3) is 0 Å². The summed E-state index contributed by atoms with van der Waals surface area (Å²) in [6.07, 6.45) is 4.24. The summed E-state index contributed by atoms with van der Waals surface area (Å²) in [5.74, 6) is 0.139. The van der Waals surface area contributed by atoms with Crippen molar-refractivity contribution in [2.45, 2.75) is 45.2 Å². The number of hydrogen-bond acceptors (Lipinski definition) is 2. The molecule has 2 rings (SSSR count). The molecule has 0 aromatic heterocycles. The molecule has 1 atom stereocenters. The molecule has 18 heavy (non-hydrogen) atoms. The molecule has 1 aromatic carbocycles. The fraction of sp³-hybridized carbons (Fsp3) is 0.533. The molecule has 0 fully saturated rings. The summed E-state index contributed by atoms with van der Waals surface area (Å²) < 4.78 is 0. The number of unbranched alkanes of at least 4 members (excludes halogenated alkanes) is 2. The van der Waals surface area contributed by atoms with E-state index in [1.807, 2.05) is 12.1 Å². The summed E-state index contributed by atoms with van der Waals surface area (Å²) in [7, 11) is 0. The van der Waals surface area contributed by atoms with E-state index in [9.17, 15) is 4.79 Å². The lowest BCUT2D eigenvalue weighted by atomic mass is 9.95. The van der Waals surface area contributed by atoms with Gasteiger partial charge in [0.05, 0.1) is 6.04 Å². The number of hydrogen-bond donors (Lipinski definition) is 2. The number of carbonyl (C=O) groups is 1. The summed E-state index contributed by atoms with van der Waals surface area (Å²) >= 11 is 0. The van der Waals surface area contributed by atoms with E-state index >= 15 is 0 Å². The molecule has 0 radical (unpaired) electrons. The van der Waals surface area contributed by atoms with E-state index in [-0.39, 0.29) is 11.9 Å². The second-order valence-corrected chi connectivity index (χ2v) is 4.90. The Morgan fingerprint density at radius 1 is 1.33 bits per heavy atom. The van der Waals surface area contributed by atoms with E-state index in [0.29, 0.717) is 0 Å². The molecule has 1 amide bonds. The molecule has 2 N–H and O–H groups in total. The molecule has 0 saturated carbocycles. The predicted octanol–water partition coefficient (Wildman–Crippen LogP) is 2.01. The fourth-order valence-electron chi connectivity index (χ4n) is 2.35. The van der Waals surface area contributed by atoms with Gasteiger partial charge in [0.2, 0.25) is 5.91 Å². The standard InChI is InChI=1S/C15H22N2O/c1-2-3-6-9-16-15(18)14-10-12-7-4-5-8-13(12)11-17-14/h4-5,7-8,14,17H,2-3,6,9-11H2,1H3,(H,16,18)/t14-/m0/s1. The highest BCUT2D eigenvalue weighted by Crippen LogP contribution is 2.16. The van der Waals surface area contributed by atoms with Gasteiger partial charge >= 0.3 is 0 Å². The van der Waals surface area contributed by atoms with Gasteiger partial charge in [-0.15, -0.1) is 0 Å². The summed E-state index contributed by atoms with van der Waals surface area (Å²) in [5.41, 5.74) is 2.61. The van der Waals surface area contributed by atoms with Gasteiger partial charge in [0.1, 0.15) is 0 Å². The minimum Gasteiger partial charge on any atom is -0.355 e. The van der Waals surface area contributed by atoms with Crippen molar-refractivity contribution < 1.29 is 4.79 Å². The topological polar surface area (TPSA) is 41.1 Å². The van der Waals surface area contributed by atoms with Crippen LogP contribution in [0, 0.1) is 0 Å². The quantitative estimate of drug-likeness (QED) is 0.780. The number of carbonyl (C=O) groups excluding carboxylic acids is 1. The Labute approximate surface area is 109 Å². The summed E-state index contributed by atoms with van der Waals surface area (Å²) in [6.45, 7) is 3.76. The largest absolute Gasteiger partial charge is 0.355 e. The van der Waals surface area contributed by atoms with Crippen molar-refractivity contribution in [2.24, 2.45) is 0 Å². The maximum absolute atomic E-state index is 12.0. The molecule has 0 spiro atoms. The van der Waals surface area contributed by atoms with Crippen LogP contribution in [0.15, 0.2) is 24.3 Å². The second kappa shape index (κ2) is 6.55. The Balaban J connectivity index is 1.83. The zero-order chi connectivity index (χ0) is 12.8. The van der Waals surface area contributed by atoms with E-state index in [1.165, 1.54) is 24.0 Å². The van der Waals surface area contributed by atoms with Gasteiger partial charge in [-0.2, -0.15) is 0 Å². The third kappa shape index (κ3) is 3.33. The molecule has 3 nitrogen and oxygen atoms in total.